The molecule has 2 heterocycles. The molecule has 1 N–H and O–H groups in total. The summed E-state index contributed by atoms with van der Waals surface area (Å²) in [5.41, 5.74) is 0.902. The van der Waals surface area contributed by atoms with Crippen molar-refractivity contribution in [2.24, 2.45) is 0 Å². The van der Waals surface area contributed by atoms with E-state index >= 15 is 0 Å². The third kappa shape index (κ3) is 3.92. The predicted octanol–water partition coefficient (Wildman–Crippen LogP) is 0.678. The second kappa shape index (κ2) is 7.27. The number of piperazine rings is 1. The molecule has 2 saturated heterocycles. The van der Waals surface area contributed by atoms with Crippen molar-refractivity contribution in [1.29, 1.82) is 0 Å². The van der Waals surface area contributed by atoms with E-state index in [9.17, 15) is 13.5 Å². The van der Waals surface area contributed by atoms with Gasteiger partial charge in [0, 0.05) is 45.8 Å². The minimum atomic E-state index is -3.29. The van der Waals surface area contributed by atoms with Gasteiger partial charge in [-0.3, -0.25) is 4.90 Å². The molecule has 0 radical (unpaired) electrons. The molecule has 0 aromatic heterocycles. The molecular formula is C16H25N3O3S. The lowest BCUT2D eigenvalue weighted by Gasteiger charge is -2.36. The Morgan fingerprint density at radius 1 is 0.913 bits per heavy atom. The summed E-state index contributed by atoms with van der Waals surface area (Å²) in [7, 11) is -3.29. The molecule has 3 rings (SSSR count). The van der Waals surface area contributed by atoms with Crippen molar-refractivity contribution in [2.45, 2.75) is 18.9 Å². The number of hydrogen-bond donors (Lipinski definition) is 1. The van der Waals surface area contributed by atoms with Crippen LogP contribution in [0.5, 0.6) is 0 Å². The van der Waals surface area contributed by atoms with Gasteiger partial charge in [0.05, 0.1) is 6.10 Å². The van der Waals surface area contributed by atoms with Gasteiger partial charge in [-0.15, -0.1) is 0 Å². The van der Waals surface area contributed by atoms with Crippen LogP contribution in [0.25, 0.3) is 0 Å². The van der Waals surface area contributed by atoms with Gasteiger partial charge in [-0.25, -0.2) is 0 Å². The fourth-order valence-corrected chi connectivity index (χ4v) is 4.92. The van der Waals surface area contributed by atoms with Crippen molar-refractivity contribution in [2.75, 3.05) is 45.8 Å². The molecular weight excluding hydrogens is 314 g/mol. The smallest absolute Gasteiger partial charge is 0.282 e. The summed E-state index contributed by atoms with van der Waals surface area (Å²) in [4.78, 5) is 2.13. The molecule has 0 saturated carbocycles. The van der Waals surface area contributed by atoms with Crippen LogP contribution < -0.4 is 0 Å². The zero-order chi connectivity index (χ0) is 16.3. The topological polar surface area (TPSA) is 64.1 Å². The Labute approximate surface area is 138 Å². The summed E-state index contributed by atoms with van der Waals surface area (Å²) in [6.45, 7) is 4.17. The number of aliphatic hydroxyl groups excluding tert-OH is 1. The summed E-state index contributed by atoms with van der Waals surface area (Å²) in [5.74, 6) is 0. The Bertz CT molecular complexity index is 594. The first kappa shape index (κ1) is 16.9. The summed E-state index contributed by atoms with van der Waals surface area (Å²) < 4.78 is 28.2. The molecule has 2 fully saturated rings. The lowest BCUT2D eigenvalue weighted by atomic mass is 10.1. The minimum absolute atomic E-state index is 0.500. The highest BCUT2D eigenvalue weighted by Gasteiger charge is 2.33. The number of benzene rings is 1. The molecule has 0 aliphatic carbocycles. The molecule has 0 amide bonds. The van der Waals surface area contributed by atoms with Crippen LogP contribution in [0.1, 0.15) is 24.5 Å². The van der Waals surface area contributed by atoms with E-state index in [1.807, 2.05) is 30.3 Å². The highest BCUT2D eigenvalue weighted by molar-refractivity contribution is 7.86. The monoisotopic (exact) mass is 339 g/mol. The lowest BCUT2D eigenvalue weighted by Crippen LogP contribution is -2.53. The van der Waals surface area contributed by atoms with Crippen molar-refractivity contribution >= 4 is 10.2 Å². The molecule has 0 bridgehead atoms. The Kier molecular flexibility index (Phi) is 5.33. The van der Waals surface area contributed by atoms with Crippen LogP contribution in [-0.2, 0) is 10.2 Å². The van der Waals surface area contributed by atoms with Crippen LogP contribution in [0, 0.1) is 0 Å². The van der Waals surface area contributed by atoms with Crippen molar-refractivity contribution in [3.05, 3.63) is 35.9 Å². The minimum Gasteiger partial charge on any atom is -0.387 e. The average molecular weight is 339 g/mol. The molecule has 128 valence electrons. The Hall–Kier alpha value is -0.990. The molecule has 7 heteroatoms. The van der Waals surface area contributed by atoms with Crippen molar-refractivity contribution < 1.29 is 13.5 Å². The fraction of sp³-hybridized carbons (Fsp3) is 0.625. The highest BCUT2D eigenvalue weighted by Crippen LogP contribution is 2.19. The van der Waals surface area contributed by atoms with E-state index in [1.54, 1.807) is 8.61 Å². The maximum atomic E-state index is 12.5. The number of rotatable bonds is 5. The SMILES string of the molecule is O=S(=O)(N1CCCC1)N1CCN(C[C@H](O)c2ccccc2)CC1. The normalized spacial score (nSPS) is 23.2. The second-order valence-electron chi connectivity index (χ2n) is 6.24. The summed E-state index contributed by atoms with van der Waals surface area (Å²) >= 11 is 0. The molecule has 6 nitrogen and oxygen atoms in total. The molecule has 2 aliphatic heterocycles. The largest absolute Gasteiger partial charge is 0.387 e. The van der Waals surface area contributed by atoms with Gasteiger partial charge in [-0.05, 0) is 18.4 Å². The molecule has 23 heavy (non-hydrogen) atoms. The van der Waals surface area contributed by atoms with Gasteiger partial charge in [-0.2, -0.15) is 17.0 Å². The number of β-amino-alcohol motifs (C(OH)–C–C–N with tert-alkyl or cyclic N) is 1. The van der Waals surface area contributed by atoms with E-state index in [0.717, 1.165) is 18.4 Å². The van der Waals surface area contributed by atoms with E-state index in [2.05, 4.69) is 4.90 Å². The van der Waals surface area contributed by atoms with E-state index < -0.39 is 16.3 Å². The summed E-state index contributed by atoms with van der Waals surface area (Å²) in [6, 6.07) is 9.59. The highest BCUT2D eigenvalue weighted by atomic mass is 32.2. The molecule has 2 aliphatic rings. The van der Waals surface area contributed by atoms with E-state index in [1.165, 1.54) is 0 Å². The molecule has 1 aromatic rings. The predicted molar refractivity (Wildman–Crippen MR) is 89.1 cm³/mol. The first-order valence-electron chi connectivity index (χ1n) is 8.28. The van der Waals surface area contributed by atoms with Crippen LogP contribution in [0.15, 0.2) is 30.3 Å². The third-order valence-electron chi connectivity index (χ3n) is 4.66. The summed E-state index contributed by atoms with van der Waals surface area (Å²) in [6.07, 6.45) is 1.39. The molecule has 0 unspecified atom stereocenters. The van der Waals surface area contributed by atoms with Gasteiger partial charge in [-0.1, -0.05) is 30.3 Å². The maximum absolute atomic E-state index is 12.5. The standard InChI is InChI=1S/C16H25N3O3S/c20-16(15-6-2-1-3-7-15)14-17-10-12-19(13-11-17)23(21,22)18-8-4-5-9-18/h1-3,6-7,16,20H,4-5,8-14H2/t16-/m0/s1. The maximum Gasteiger partial charge on any atom is 0.282 e. The first-order chi connectivity index (χ1) is 11.1. The zero-order valence-corrected chi connectivity index (χ0v) is 14.2. The zero-order valence-electron chi connectivity index (χ0n) is 13.3. The van der Waals surface area contributed by atoms with Gasteiger partial charge in [0.2, 0.25) is 0 Å². The van der Waals surface area contributed by atoms with Crippen LogP contribution in [0.2, 0.25) is 0 Å². The van der Waals surface area contributed by atoms with E-state index in [-0.39, 0.29) is 0 Å². The van der Waals surface area contributed by atoms with Crippen LogP contribution >= 0.6 is 0 Å². The van der Waals surface area contributed by atoms with E-state index in [0.29, 0.717) is 45.8 Å². The Morgan fingerprint density at radius 3 is 2.09 bits per heavy atom. The Balaban J connectivity index is 1.52. The van der Waals surface area contributed by atoms with E-state index in [4.69, 9.17) is 0 Å². The number of nitrogens with zero attached hydrogens (tertiary/aromatic N) is 3. The second-order valence-corrected chi connectivity index (χ2v) is 8.17. The van der Waals surface area contributed by atoms with Crippen molar-refractivity contribution in [1.82, 2.24) is 13.5 Å². The van der Waals surface area contributed by atoms with Crippen molar-refractivity contribution in [3.63, 3.8) is 0 Å². The van der Waals surface area contributed by atoms with Crippen LogP contribution in [-0.4, -0.2) is 72.8 Å². The summed E-state index contributed by atoms with van der Waals surface area (Å²) in [5, 5.41) is 10.3. The molecule has 1 atom stereocenters. The number of hydrogen-bond acceptors (Lipinski definition) is 4. The third-order valence-corrected chi connectivity index (χ3v) is 6.70. The molecule has 0 spiro atoms. The Morgan fingerprint density at radius 2 is 1.48 bits per heavy atom. The average Bonchev–Trinajstić information content (AvgIpc) is 3.11. The lowest BCUT2D eigenvalue weighted by molar-refractivity contribution is 0.0909. The van der Waals surface area contributed by atoms with Gasteiger partial charge in [0.15, 0.2) is 0 Å². The van der Waals surface area contributed by atoms with Crippen LogP contribution in [0.4, 0.5) is 0 Å². The fourth-order valence-electron chi connectivity index (χ4n) is 3.25. The van der Waals surface area contributed by atoms with Gasteiger partial charge in [0.1, 0.15) is 0 Å². The molecule has 1 aromatic carbocycles. The van der Waals surface area contributed by atoms with Crippen molar-refractivity contribution in [3.8, 4) is 0 Å². The number of aliphatic hydroxyl groups is 1. The van der Waals surface area contributed by atoms with Gasteiger partial charge < -0.3 is 5.11 Å². The van der Waals surface area contributed by atoms with Crippen LogP contribution in [0.3, 0.4) is 0 Å². The van der Waals surface area contributed by atoms with Gasteiger partial charge >= 0.3 is 0 Å². The quantitative estimate of drug-likeness (QED) is 0.857. The van der Waals surface area contributed by atoms with Gasteiger partial charge in [0.25, 0.3) is 10.2 Å². The first-order valence-corrected chi connectivity index (χ1v) is 9.67.